The summed E-state index contributed by atoms with van der Waals surface area (Å²) in [5.74, 6) is -0.137. The van der Waals surface area contributed by atoms with Gasteiger partial charge in [-0.15, -0.1) is 0 Å². The van der Waals surface area contributed by atoms with Crippen LogP contribution in [-0.4, -0.2) is 39.8 Å². The SMILES string of the molecule is CCS(=O)(=O)c1cc(NC2CC2)cnc1-c1ccn2nc(C(F)(F)F)cc2n1. The van der Waals surface area contributed by atoms with Crippen molar-refractivity contribution in [1.82, 2.24) is 19.6 Å². The molecular weight excluding hydrogens is 395 g/mol. The van der Waals surface area contributed by atoms with Crippen LogP contribution < -0.4 is 5.32 Å². The lowest BCUT2D eigenvalue weighted by Crippen LogP contribution is -2.10. The maximum Gasteiger partial charge on any atom is 0.435 e. The van der Waals surface area contributed by atoms with E-state index < -0.39 is 21.7 Å². The molecule has 0 radical (unpaired) electrons. The number of fused-ring (bicyclic) bond motifs is 1. The molecule has 0 aliphatic heterocycles. The van der Waals surface area contributed by atoms with Crippen molar-refractivity contribution in [2.24, 2.45) is 0 Å². The first-order valence-electron chi connectivity index (χ1n) is 8.61. The fourth-order valence-corrected chi connectivity index (χ4v) is 3.79. The lowest BCUT2D eigenvalue weighted by atomic mass is 10.2. The van der Waals surface area contributed by atoms with Gasteiger partial charge < -0.3 is 5.32 Å². The summed E-state index contributed by atoms with van der Waals surface area (Å²) in [4.78, 5) is 8.39. The Bertz CT molecular complexity index is 1150. The summed E-state index contributed by atoms with van der Waals surface area (Å²) < 4.78 is 64.8. The van der Waals surface area contributed by atoms with Crippen LogP contribution >= 0.6 is 0 Å². The molecule has 0 aromatic carbocycles. The van der Waals surface area contributed by atoms with Crippen molar-refractivity contribution < 1.29 is 21.6 Å². The van der Waals surface area contributed by atoms with Crippen molar-refractivity contribution >= 4 is 21.2 Å². The maximum absolute atomic E-state index is 12.9. The second-order valence-corrected chi connectivity index (χ2v) is 8.78. The molecule has 1 aliphatic carbocycles. The molecule has 4 rings (SSSR count). The standard InChI is InChI=1S/C17H16F3N5O2S/c1-2-28(26,27)13-7-11(22-10-3-4-10)9-21-16(13)12-5-6-25-15(23-12)8-14(24-25)17(18,19)20/h5-10,22H,2-4H2,1H3. The van der Waals surface area contributed by atoms with Crippen molar-refractivity contribution in [2.45, 2.75) is 36.9 Å². The fraction of sp³-hybridized carbons (Fsp3) is 0.353. The summed E-state index contributed by atoms with van der Waals surface area (Å²) in [5.41, 5.74) is -0.281. The van der Waals surface area contributed by atoms with E-state index in [9.17, 15) is 21.6 Å². The Morgan fingerprint density at radius 1 is 1.29 bits per heavy atom. The van der Waals surface area contributed by atoms with Gasteiger partial charge in [-0.2, -0.15) is 18.3 Å². The molecule has 3 heterocycles. The van der Waals surface area contributed by atoms with Gasteiger partial charge in [0.05, 0.1) is 28.2 Å². The van der Waals surface area contributed by atoms with E-state index in [2.05, 4.69) is 20.4 Å². The van der Waals surface area contributed by atoms with E-state index in [4.69, 9.17) is 0 Å². The Kier molecular flexibility index (Phi) is 4.29. The highest BCUT2D eigenvalue weighted by molar-refractivity contribution is 7.91. The van der Waals surface area contributed by atoms with Crippen LogP contribution in [-0.2, 0) is 16.0 Å². The Balaban J connectivity index is 1.83. The number of hydrogen-bond acceptors (Lipinski definition) is 6. The second-order valence-electron chi connectivity index (χ2n) is 6.54. The van der Waals surface area contributed by atoms with E-state index in [1.54, 1.807) is 0 Å². The highest BCUT2D eigenvalue weighted by atomic mass is 32.2. The van der Waals surface area contributed by atoms with Crippen molar-refractivity contribution in [3.05, 3.63) is 36.3 Å². The molecule has 0 saturated heterocycles. The van der Waals surface area contributed by atoms with Gasteiger partial charge in [-0.1, -0.05) is 6.92 Å². The van der Waals surface area contributed by atoms with Crippen molar-refractivity contribution in [3.63, 3.8) is 0 Å². The monoisotopic (exact) mass is 411 g/mol. The Morgan fingerprint density at radius 3 is 2.68 bits per heavy atom. The van der Waals surface area contributed by atoms with Crippen molar-refractivity contribution in [1.29, 1.82) is 0 Å². The summed E-state index contributed by atoms with van der Waals surface area (Å²) in [6.45, 7) is 1.52. The minimum atomic E-state index is -4.60. The number of anilines is 1. The molecule has 3 aromatic heterocycles. The zero-order chi connectivity index (χ0) is 20.1. The number of hydrogen-bond donors (Lipinski definition) is 1. The molecule has 1 saturated carbocycles. The lowest BCUT2D eigenvalue weighted by molar-refractivity contribution is -0.141. The Morgan fingerprint density at radius 2 is 2.04 bits per heavy atom. The quantitative estimate of drug-likeness (QED) is 0.694. The first-order valence-corrected chi connectivity index (χ1v) is 10.3. The van der Waals surface area contributed by atoms with Crippen molar-refractivity contribution in [2.75, 3.05) is 11.1 Å². The topological polar surface area (TPSA) is 89.2 Å². The zero-order valence-electron chi connectivity index (χ0n) is 14.7. The molecular formula is C17H16F3N5O2S. The summed E-state index contributed by atoms with van der Waals surface area (Å²) >= 11 is 0. The van der Waals surface area contributed by atoms with Crippen molar-refractivity contribution in [3.8, 4) is 11.4 Å². The molecule has 11 heteroatoms. The van der Waals surface area contributed by atoms with E-state index in [0.29, 0.717) is 11.7 Å². The Labute approximate surface area is 158 Å². The first-order chi connectivity index (χ1) is 13.2. The number of nitrogens with one attached hydrogen (secondary N) is 1. The van der Waals surface area contributed by atoms with E-state index >= 15 is 0 Å². The summed E-state index contributed by atoms with van der Waals surface area (Å²) in [6.07, 6.45) is 0.231. The predicted octanol–water partition coefficient (Wildman–Crippen LogP) is 3.18. The number of nitrogens with zero attached hydrogens (tertiary/aromatic N) is 4. The zero-order valence-corrected chi connectivity index (χ0v) is 15.5. The largest absolute Gasteiger partial charge is 0.435 e. The molecule has 0 amide bonds. The molecule has 0 unspecified atom stereocenters. The number of pyridine rings is 1. The van der Waals surface area contributed by atoms with Gasteiger partial charge >= 0.3 is 6.18 Å². The summed E-state index contributed by atoms with van der Waals surface area (Å²) in [7, 11) is -3.63. The van der Waals surface area contributed by atoms with Gasteiger partial charge in [0.1, 0.15) is 5.69 Å². The van der Waals surface area contributed by atoms with E-state index in [1.165, 1.54) is 31.5 Å². The van der Waals surface area contributed by atoms with Crippen LogP contribution in [0.2, 0.25) is 0 Å². The van der Waals surface area contributed by atoms with Crippen LogP contribution in [0.5, 0.6) is 0 Å². The van der Waals surface area contributed by atoms with Gasteiger partial charge in [-0.05, 0) is 25.0 Å². The minimum Gasteiger partial charge on any atom is -0.381 e. The average molecular weight is 411 g/mol. The van der Waals surface area contributed by atoms with Crippen LogP contribution in [0.3, 0.4) is 0 Å². The number of aromatic nitrogens is 4. The minimum absolute atomic E-state index is 0.00643. The van der Waals surface area contributed by atoms with Gasteiger partial charge in [0, 0.05) is 18.3 Å². The van der Waals surface area contributed by atoms with Gasteiger partial charge in [0.25, 0.3) is 0 Å². The maximum atomic E-state index is 12.9. The van der Waals surface area contributed by atoms with Crippen LogP contribution in [0.1, 0.15) is 25.5 Å². The molecule has 0 atom stereocenters. The van der Waals surface area contributed by atoms with Crippen LogP contribution in [0.4, 0.5) is 18.9 Å². The van der Waals surface area contributed by atoms with Crippen LogP contribution in [0.25, 0.3) is 17.0 Å². The molecule has 3 aromatic rings. The van der Waals surface area contributed by atoms with Gasteiger partial charge in [0.2, 0.25) is 0 Å². The third-order valence-corrected chi connectivity index (χ3v) is 6.12. The molecule has 7 nitrogen and oxygen atoms in total. The van der Waals surface area contributed by atoms with Gasteiger partial charge in [-0.3, -0.25) is 4.98 Å². The van der Waals surface area contributed by atoms with Crippen LogP contribution in [0.15, 0.2) is 35.5 Å². The smallest absolute Gasteiger partial charge is 0.381 e. The predicted molar refractivity (Wildman–Crippen MR) is 95.6 cm³/mol. The second kappa shape index (κ2) is 6.43. The normalized spacial score (nSPS) is 15.1. The average Bonchev–Trinajstić information content (AvgIpc) is 3.34. The molecule has 0 bridgehead atoms. The first kappa shape index (κ1) is 18.7. The molecule has 1 N–H and O–H groups in total. The molecule has 148 valence electrons. The molecule has 1 fully saturated rings. The number of halogens is 3. The number of sulfone groups is 1. The van der Waals surface area contributed by atoms with E-state index in [1.807, 2.05) is 0 Å². The lowest BCUT2D eigenvalue weighted by Gasteiger charge is -2.11. The highest BCUT2D eigenvalue weighted by Gasteiger charge is 2.34. The summed E-state index contributed by atoms with van der Waals surface area (Å²) in [6, 6.07) is 4.01. The highest BCUT2D eigenvalue weighted by Crippen LogP contribution is 2.32. The van der Waals surface area contributed by atoms with E-state index in [0.717, 1.165) is 23.4 Å². The fourth-order valence-electron chi connectivity index (χ4n) is 2.72. The van der Waals surface area contributed by atoms with Crippen LogP contribution in [0, 0.1) is 0 Å². The summed E-state index contributed by atoms with van der Waals surface area (Å²) in [5, 5.41) is 6.63. The number of rotatable bonds is 5. The van der Waals surface area contributed by atoms with Gasteiger partial charge in [0.15, 0.2) is 21.2 Å². The third-order valence-electron chi connectivity index (χ3n) is 4.37. The van der Waals surface area contributed by atoms with E-state index in [-0.39, 0.29) is 27.7 Å². The third kappa shape index (κ3) is 3.53. The molecule has 28 heavy (non-hydrogen) atoms. The molecule has 0 spiro atoms. The Hall–Kier alpha value is -2.69. The van der Waals surface area contributed by atoms with Gasteiger partial charge in [-0.25, -0.2) is 17.9 Å². The number of alkyl halides is 3. The molecule has 1 aliphatic rings.